The normalized spacial score (nSPS) is 39.9. The molecule has 3 unspecified atom stereocenters. The van der Waals surface area contributed by atoms with Crippen molar-refractivity contribution in [3.63, 3.8) is 0 Å². The minimum absolute atomic E-state index is 0.394. The van der Waals surface area contributed by atoms with Gasteiger partial charge in [0.2, 0.25) is 0 Å². The van der Waals surface area contributed by atoms with Crippen molar-refractivity contribution < 1.29 is 9.47 Å². The molecular formula is C13H24N2O2. The zero-order chi connectivity index (χ0) is 11.5. The average molecular weight is 240 g/mol. The minimum atomic E-state index is 0.394. The summed E-state index contributed by atoms with van der Waals surface area (Å²) in [5, 5.41) is 3.66. The van der Waals surface area contributed by atoms with Gasteiger partial charge in [-0.05, 0) is 45.2 Å². The second-order valence-corrected chi connectivity index (χ2v) is 5.51. The number of hydrogen-bond donors (Lipinski definition) is 1. The van der Waals surface area contributed by atoms with Crippen molar-refractivity contribution in [1.29, 1.82) is 0 Å². The molecule has 3 aliphatic heterocycles. The first kappa shape index (κ1) is 11.9. The van der Waals surface area contributed by atoms with Crippen molar-refractivity contribution in [2.75, 3.05) is 33.0 Å². The molecule has 0 aromatic rings. The Morgan fingerprint density at radius 1 is 1.18 bits per heavy atom. The third kappa shape index (κ3) is 2.81. The van der Waals surface area contributed by atoms with Crippen molar-refractivity contribution in [2.24, 2.45) is 0 Å². The first-order chi connectivity index (χ1) is 8.43. The maximum absolute atomic E-state index is 5.67. The standard InChI is InChI=1S/C13H24N2O2/c1-3-12(14-6-1)13-4-2-7-15(13)9-11-5-8-16-10-17-11/h11-14H,1-10H2. The maximum Gasteiger partial charge on any atom is 0.147 e. The van der Waals surface area contributed by atoms with Crippen LogP contribution in [0.5, 0.6) is 0 Å². The number of ether oxygens (including phenoxy) is 2. The largest absolute Gasteiger partial charge is 0.355 e. The zero-order valence-electron chi connectivity index (χ0n) is 10.6. The van der Waals surface area contributed by atoms with Gasteiger partial charge in [0, 0.05) is 18.6 Å². The molecule has 3 heterocycles. The Bertz CT molecular complexity index is 238. The van der Waals surface area contributed by atoms with Crippen molar-refractivity contribution in [3.8, 4) is 0 Å². The van der Waals surface area contributed by atoms with Gasteiger partial charge in [0.15, 0.2) is 0 Å². The molecule has 3 aliphatic rings. The molecule has 3 saturated heterocycles. The molecule has 0 radical (unpaired) electrons. The van der Waals surface area contributed by atoms with Gasteiger partial charge in [0.1, 0.15) is 6.79 Å². The first-order valence-corrected chi connectivity index (χ1v) is 7.10. The Balaban J connectivity index is 1.53. The summed E-state index contributed by atoms with van der Waals surface area (Å²) in [6, 6.07) is 1.49. The summed E-state index contributed by atoms with van der Waals surface area (Å²) in [6.07, 6.45) is 6.87. The van der Waals surface area contributed by atoms with E-state index in [2.05, 4.69) is 10.2 Å². The molecule has 4 heteroatoms. The molecule has 0 aromatic heterocycles. The molecule has 0 spiro atoms. The van der Waals surface area contributed by atoms with Crippen LogP contribution in [0.3, 0.4) is 0 Å². The topological polar surface area (TPSA) is 33.7 Å². The van der Waals surface area contributed by atoms with Gasteiger partial charge in [-0.3, -0.25) is 4.90 Å². The smallest absolute Gasteiger partial charge is 0.147 e. The summed E-state index contributed by atoms with van der Waals surface area (Å²) in [5.41, 5.74) is 0. The van der Waals surface area contributed by atoms with Crippen molar-refractivity contribution in [2.45, 2.75) is 50.3 Å². The Morgan fingerprint density at radius 3 is 2.94 bits per heavy atom. The van der Waals surface area contributed by atoms with Gasteiger partial charge in [-0.2, -0.15) is 0 Å². The Morgan fingerprint density at radius 2 is 2.18 bits per heavy atom. The SMILES string of the molecule is C1CNC(C2CCCN2CC2CCOCO2)C1. The lowest BCUT2D eigenvalue weighted by molar-refractivity contribution is -0.145. The van der Waals surface area contributed by atoms with Gasteiger partial charge in [-0.25, -0.2) is 0 Å². The van der Waals surface area contributed by atoms with Crippen molar-refractivity contribution in [1.82, 2.24) is 10.2 Å². The van der Waals surface area contributed by atoms with Crippen LogP contribution in [-0.4, -0.2) is 56.1 Å². The summed E-state index contributed by atoms with van der Waals surface area (Å²) in [5.74, 6) is 0. The van der Waals surface area contributed by atoms with Crippen LogP contribution in [0, 0.1) is 0 Å². The average Bonchev–Trinajstić information content (AvgIpc) is 3.00. The third-order valence-electron chi connectivity index (χ3n) is 4.39. The van der Waals surface area contributed by atoms with Gasteiger partial charge in [-0.1, -0.05) is 0 Å². The van der Waals surface area contributed by atoms with Gasteiger partial charge in [0.25, 0.3) is 0 Å². The molecule has 1 N–H and O–H groups in total. The van der Waals surface area contributed by atoms with E-state index in [-0.39, 0.29) is 0 Å². The fourth-order valence-electron chi connectivity index (χ4n) is 3.48. The Hall–Kier alpha value is -0.160. The molecule has 4 nitrogen and oxygen atoms in total. The molecule has 0 aliphatic carbocycles. The van der Waals surface area contributed by atoms with E-state index in [0.717, 1.165) is 31.7 Å². The van der Waals surface area contributed by atoms with Crippen LogP contribution >= 0.6 is 0 Å². The van der Waals surface area contributed by atoms with E-state index in [4.69, 9.17) is 9.47 Å². The summed E-state index contributed by atoms with van der Waals surface area (Å²) in [7, 11) is 0. The number of nitrogens with zero attached hydrogens (tertiary/aromatic N) is 1. The molecular weight excluding hydrogens is 216 g/mol. The molecule has 3 fully saturated rings. The van der Waals surface area contributed by atoms with E-state index >= 15 is 0 Å². The van der Waals surface area contributed by atoms with Crippen LogP contribution in [0.25, 0.3) is 0 Å². The lowest BCUT2D eigenvalue weighted by Crippen LogP contribution is -2.47. The molecule has 98 valence electrons. The fourth-order valence-corrected chi connectivity index (χ4v) is 3.48. The molecule has 0 amide bonds. The van der Waals surface area contributed by atoms with E-state index in [1.807, 2.05) is 0 Å². The zero-order valence-corrected chi connectivity index (χ0v) is 10.6. The molecule has 3 rings (SSSR count). The molecule has 0 saturated carbocycles. The van der Waals surface area contributed by atoms with E-state index in [0.29, 0.717) is 12.9 Å². The van der Waals surface area contributed by atoms with Crippen molar-refractivity contribution >= 4 is 0 Å². The monoisotopic (exact) mass is 240 g/mol. The van der Waals surface area contributed by atoms with Gasteiger partial charge in [-0.15, -0.1) is 0 Å². The Labute approximate surface area is 104 Å². The lowest BCUT2D eigenvalue weighted by Gasteiger charge is -2.33. The van der Waals surface area contributed by atoms with Gasteiger partial charge < -0.3 is 14.8 Å². The third-order valence-corrected chi connectivity index (χ3v) is 4.39. The predicted molar refractivity (Wildman–Crippen MR) is 65.9 cm³/mol. The molecule has 3 atom stereocenters. The number of rotatable bonds is 3. The highest BCUT2D eigenvalue weighted by atomic mass is 16.7. The van der Waals surface area contributed by atoms with Gasteiger partial charge >= 0.3 is 0 Å². The first-order valence-electron chi connectivity index (χ1n) is 7.10. The molecule has 17 heavy (non-hydrogen) atoms. The van der Waals surface area contributed by atoms with Crippen LogP contribution < -0.4 is 5.32 Å². The lowest BCUT2D eigenvalue weighted by atomic mass is 10.0. The summed E-state index contributed by atoms with van der Waals surface area (Å²) in [4.78, 5) is 2.65. The fraction of sp³-hybridized carbons (Fsp3) is 1.00. The summed E-state index contributed by atoms with van der Waals surface area (Å²) < 4.78 is 10.9. The highest BCUT2D eigenvalue weighted by molar-refractivity contribution is 4.92. The van der Waals surface area contributed by atoms with Crippen molar-refractivity contribution in [3.05, 3.63) is 0 Å². The highest BCUT2D eigenvalue weighted by Gasteiger charge is 2.34. The second kappa shape index (κ2) is 5.65. The van der Waals surface area contributed by atoms with Crippen LogP contribution in [0.15, 0.2) is 0 Å². The number of hydrogen-bond acceptors (Lipinski definition) is 4. The van der Waals surface area contributed by atoms with Gasteiger partial charge in [0.05, 0.1) is 12.7 Å². The van der Waals surface area contributed by atoms with E-state index < -0.39 is 0 Å². The number of likely N-dealkylation sites (tertiary alicyclic amines) is 1. The summed E-state index contributed by atoms with van der Waals surface area (Å²) >= 11 is 0. The van der Waals surface area contributed by atoms with E-state index in [1.54, 1.807) is 0 Å². The highest BCUT2D eigenvalue weighted by Crippen LogP contribution is 2.25. The quantitative estimate of drug-likeness (QED) is 0.797. The van der Waals surface area contributed by atoms with Crippen LogP contribution in [0.1, 0.15) is 32.1 Å². The predicted octanol–water partition coefficient (Wildman–Crippen LogP) is 0.966. The molecule has 0 bridgehead atoms. The van der Waals surface area contributed by atoms with Crippen LogP contribution in [0.4, 0.5) is 0 Å². The molecule has 0 aromatic carbocycles. The second-order valence-electron chi connectivity index (χ2n) is 5.51. The van der Waals surface area contributed by atoms with Crippen LogP contribution in [0.2, 0.25) is 0 Å². The Kier molecular flexibility index (Phi) is 3.96. The minimum Gasteiger partial charge on any atom is -0.355 e. The maximum atomic E-state index is 5.67. The summed E-state index contributed by atoms with van der Waals surface area (Å²) in [6.45, 7) is 4.92. The van der Waals surface area contributed by atoms with Crippen LogP contribution in [-0.2, 0) is 9.47 Å². The number of nitrogens with one attached hydrogen (secondary N) is 1. The van der Waals surface area contributed by atoms with E-state index in [9.17, 15) is 0 Å². The van der Waals surface area contributed by atoms with E-state index in [1.165, 1.54) is 38.8 Å².